The number of carbonyl (C=O) groups is 2. The maximum Gasteiger partial charge on any atom is 0.420 e. The van der Waals surface area contributed by atoms with Gasteiger partial charge in [-0.25, -0.2) is 9.59 Å². The number of nitrogens with zero attached hydrogens (tertiary/aromatic N) is 2. The summed E-state index contributed by atoms with van der Waals surface area (Å²) in [5.74, 6) is -1.29. The molecule has 10 heteroatoms. The van der Waals surface area contributed by atoms with E-state index < -0.39 is 39.9 Å². The van der Waals surface area contributed by atoms with Crippen LogP contribution in [0.5, 0.6) is 0 Å². The van der Waals surface area contributed by atoms with E-state index in [0.717, 1.165) is 55.5 Å². The molecule has 0 fully saturated rings. The summed E-state index contributed by atoms with van der Waals surface area (Å²) in [6.45, 7) is 17.1. The lowest BCUT2D eigenvalue weighted by atomic mass is 9.89. The van der Waals surface area contributed by atoms with Crippen LogP contribution in [0.2, 0.25) is 36.3 Å². The van der Waals surface area contributed by atoms with Crippen LogP contribution >= 0.6 is 0 Å². The Hall–Kier alpha value is -2.37. The van der Waals surface area contributed by atoms with Crippen molar-refractivity contribution in [3.8, 4) is 0 Å². The molecule has 0 N–H and O–H groups in total. The van der Waals surface area contributed by atoms with Crippen LogP contribution in [0.25, 0.3) is 5.53 Å². The highest BCUT2D eigenvalue weighted by atomic mass is 28.4. The molecular weight excluding hydrogens is 601 g/mol. The third kappa shape index (κ3) is 11.4. The van der Waals surface area contributed by atoms with E-state index in [9.17, 15) is 15.1 Å². The predicted molar refractivity (Wildman–Crippen MR) is 187 cm³/mol. The molecule has 0 amide bonds. The minimum Gasteiger partial charge on any atom is -0.466 e. The zero-order valence-electron chi connectivity index (χ0n) is 29.7. The quantitative estimate of drug-likeness (QED) is 0.0308. The van der Waals surface area contributed by atoms with Crippen molar-refractivity contribution in [1.29, 1.82) is 0 Å². The van der Waals surface area contributed by atoms with Crippen molar-refractivity contribution >= 4 is 34.3 Å². The van der Waals surface area contributed by atoms with Crippen molar-refractivity contribution in [2.24, 2.45) is 5.92 Å². The van der Waals surface area contributed by atoms with Crippen LogP contribution in [0, 0.1) is 5.92 Å². The maximum atomic E-state index is 13.7. The van der Waals surface area contributed by atoms with Gasteiger partial charge >= 0.3 is 17.7 Å². The Labute approximate surface area is 275 Å². The zero-order chi connectivity index (χ0) is 34.1. The Balaban J connectivity index is 3.52. The molecule has 1 aromatic carbocycles. The molecule has 1 rings (SSSR count). The summed E-state index contributed by atoms with van der Waals surface area (Å²) < 4.78 is 24.1. The average Bonchev–Trinajstić information content (AvgIpc) is 3.06. The summed E-state index contributed by atoms with van der Waals surface area (Å²) >= 11 is 0. The molecule has 0 radical (unpaired) electrons. The highest BCUT2D eigenvalue weighted by Crippen LogP contribution is 2.35. The molecule has 0 spiro atoms. The second-order valence-electron chi connectivity index (χ2n) is 12.3. The van der Waals surface area contributed by atoms with E-state index in [2.05, 4.69) is 69.8 Å². The number of benzene rings is 1. The lowest BCUT2D eigenvalue weighted by Gasteiger charge is -2.39. The van der Waals surface area contributed by atoms with Gasteiger partial charge in [0.15, 0.2) is 16.6 Å². The second kappa shape index (κ2) is 20.0. The van der Waals surface area contributed by atoms with Crippen molar-refractivity contribution in [3.63, 3.8) is 0 Å². The number of hydrogen-bond donors (Lipinski definition) is 0. The molecule has 3 atom stereocenters. The molecule has 0 heterocycles. The fourth-order valence-corrected chi connectivity index (χ4v) is 12.2. The van der Waals surface area contributed by atoms with Gasteiger partial charge in [0.25, 0.3) is 5.60 Å². The summed E-state index contributed by atoms with van der Waals surface area (Å²) in [5, 5.41) is 0. The molecule has 1 aromatic rings. The summed E-state index contributed by atoms with van der Waals surface area (Å²) in [6.07, 6.45) is 5.23. The van der Waals surface area contributed by atoms with Crippen LogP contribution in [0.15, 0.2) is 42.0 Å². The van der Waals surface area contributed by atoms with Gasteiger partial charge in [-0.05, 0) is 80.4 Å². The van der Waals surface area contributed by atoms with Crippen LogP contribution in [-0.4, -0.2) is 65.0 Å². The fraction of sp³-hybridized carbons (Fsp3) is 0.686. The zero-order valence-corrected chi connectivity index (χ0v) is 31.7. The molecule has 0 aromatic heterocycles. The molecule has 1 unspecified atom stereocenters. The fourth-order valence-electron chi connectivity index (χ4n) is 6.32. The van der Waals surface area contributed by atoms with Gasteiger partial charge in [-0.1, -0.05) is 90.4 Å². The van der Waals surface area contributed by atoms with E-state index in [1.807, 2.05) is 26.8 Å². The lowest BCUT2D eigenvalue weighted by molar-refractivity contribution is -0.161. The molecule has 8 nitrogen and oxygen atoms in total. The van der Waals surface area contributed by atoms with Crippen molar-refractivity contribution < 1.29 is 32.7 Å². The van der Waals surface area contributed by atoms with Gasteiger partial charge in [0.2, 0.25) is 0 Å². The Morgan fingerprint density at radius 2 is 1.44 bits per heavy atom. The minimum absolute atomic E-state index is 0.0718. The number of allylic oxidation sites excluding steroid dienone is 2. The third-order valence-corrected chi connectivity index (χ3v) is 19.0. The number of methoxy groups -OCH3 is 2. The first-order valence-electron chi connectivity index (χ1n) is 16.9. The molecule has 0 aliphatic carbocycles. The van der Waals surface area contributed by atoms with Crippen LogP contribution in [0.1, 0.15) is 86.6 Å². The topological polar surface area (TPSA) is 107 Å². The van der Waals surface area contributed by atoms with Gasteiger partial charge < -0.3 is 23.9 Å². The van der Waals surface area contributed by atoms with Crippen LogP contribution in [-0.2, 0) is 34.3 Å². The molecule has 0 saturated heterocycles. The molecule has 0 saturated carbocycles. The maximum absolute atomic E-state index is 13.7. The largest absolute Gasteiger partial charge is 0.466 e. The number of carbonyl (C=O) groups excluding carboxylic acids is 2. The van der Waals surface area contributed by atoms with Crippen molar-refractivity contribution in [2.75, 3.05) is 14.2 Å². The summed E-state index contributed by atoms with van der Waals surface area (Å²) in [4.78, 5) is 30.0. The first-order chi connectivity index (χ1) is 21.4. The number of rotatable bonds is 22. The van der Waals surface area contributed by atoms with E-state index in [1.165, 1.54) is 25.4 Å². The SMILES string of the molecule is CC[Si](CC)(CC)OC(CC/C(C)=C/[C@H](C)Cc1ccccc1)CC[C@](O[Si](CC)(CC)CC)(C(=O)OC)C(=[N+]=[N-])C(=O)OC. The normalized spacial score (nSPS) is 15.0. The third-order valence-electron chi connectivity index (χ3n) is 9.70. The van der Waals surface area contributed by atoms with Gasteiger partial charge in [-0.15, -0.1) is 0 Å². The average molecular weight is 661 g/mol. The summed E-state index contributed by atoms with van der Waals surface area (Å²) in [5.41, 5.74) is 10.4. The van der Waals surface area contributed by atoms with Gasteiger partial charge in [0.05, 0.1) is 14.2 Å². The van der Waals surface area contributed by atoms with E-state index in [1.54, 1.807) is 0 Å². The monoisotopic (exact) mass is 660 g/mol. The molecular formula is C35H60N2O6Si2. The molecule has 254 valence electrons. The first kappa shape index (κ1) is 40.7. The van der Waals surface area contributed by atoms with Crippen molar-refractivity contribution in [2.45, 2.75) is 135 Å². The van der Waals surface area contributed by atoms with Crippen LogP contribution in [0.4, 0.5) is 0 Å². The first-order valence-corrected chi connectivity index (χ1v) is 22.0. The summed E-state index contributed by atoms with van der Waals surface area (Å²) in [6, 6.07) is 15.6. The summed E-state index contributed by atoms with van der Waals surface area (Å²) in [7, 11) is -2.11. The van der Waals surface area contributed by atoms with Crippen LogP contribution < -0.4 is 0 Å². The molecule has 0 aliphatic rings. The number of hydrogen-bond acceptors (Lipinski definition) is 6. The number of esters is 2. The predicted octanol–water partition coefficient (Wildman–Crippen LogP) is 8.54. The van der Waals surface area contributed by atoms with E-state index in [-0.39, 0.29) is 12.5 Å². The Morgan fingerprint density at radius 1 is 0.889 bits per heavy atom. The van der Waals surface area contributed by atoms with E-state index in [0.29, 0.717) is 12.3 Å². The van der Waals surface area contributed by atoms with Crippen molar-refractivity contribution in [3.05, 3.63) is 53.1 Å². The Kier molecular flexibility index (Phi) is 18.1. The highest BCUT2D eigenvalue weighted by Gasteiger charge is 2.59. The van der Waals surface area contributed by atoms with Gasteiger partial charge in [0, 0.05) is 12.5 Å². The van der Waals surface area contributed by atoms with Crippen LogP contribution in [0.3, 0.4) is 0 Å². The molecule has 45 heavy (non-hydrogen) atoms. The molecule has 0 aliphatic heterocycles. The van der Waals surface area contributed by atoms with E-state index in [4.69, 9.17) is 18.3 Å². The van der Waals surface area contributed by atoms with Gasteiger partial charge in [-0.3, -0.25) is 0 Å². The van der Waals surface area contributed by atoms with Gasteiger partial charge in [0.1, 0.15) is 0 Å². The molecule has 0 bridgehead atoms. The number of ether oxygens (including phenoxy) is 2. The lowest BCUT2D eigenvalue weighted by Crippen LogP contribution is -2.60. The second-order valence-corrected chi connectivity index (χ2v) is 21.8. The van der Waals surface area contributed by atoms with E-state index >= 15 is 0 Å². The Bertz CT molecular complexity index is 1110. The standard InChI is InChI=1S/C35H60N2O6Si2/c1-11-44(12-2,13-3)42-31(23-22-28(7)26-29(8)27-30-20-18-17-19-21-30)24-25-35(34(39)41-10,32(37-36)33(38)40-9)43-45(14-4,15-5)16-6/h17-21,26,29,31H,11-16,22-25,27H2,1-10H3/b28-26+/t29-,31?,35+/m0/s1. The van der Waals surface area contributed by atoms with Gasteiger partial charge in [-0.2, -0.15) is 4.79 Å². The Morgan fingerprint density at radius 3 is 1.91 bits per heavy atom. The smallest absolute Gasteiger partial charge is 0.420 e. The highest BCUT2D eigenvalue weighted by molar-refractivity contribution is 6.74. The minimum atomic E-state index is -2.54. The van der Waals surface area contributed by atoms with Crippen molar-refractivity contribution in [1.82, 2.24) is 0 Å².